The van der Waals surface area contributed by atoms with Gasteiger partial charge < -0.3 is 43.3 Å². The summed E-state index contributed by atoms with van der Waals surface area (Å²) >= 11 is 0. The van der Waals surface area contributed by atoms with Gasteiger partial charge in [-0.2, -0.15) is 0 Å². The monoisotopic (exact) mass is 723 g/mol. The Bertz CT molecular complexity index is 1720. The first-order valence-corrected chi connectivity index (χ1v) is 12.8. The van der Waals surface area contributed by atoms with Crippen molar-refractivity contribution in [2.24, 2.45) is 0 Å². The molecule has 2 N–H and O–H groups in total. The molecule has 0 bridgehead atoms. The molecule has 7 heteroatoms. The second kappa shape index (κ2) is 12.3. The van der Waals surface area contributed by atoms with E-state index in [2.05, 4.69) is 111 Å². The molecule has 6 nitrogen and oxygen atoms in total. The van der Waals surface area contributed by atoms with E-state index >= 15 is 0 Å². The molecule has 0 aliphatic carbocycles. The van der Waals surface area contributed by atoms with Crippen molar-refractivity contribution in [1.29, 1.82) is 0 Å². The predicted molar refractivity (Wildman–Crippen MR) is 166 cm³/mol. The number of nitrogens with one attached hydrogen (secondary N) is 2. The second-order valence-corrected chi connectivity index (χ2v) is 9.70. The summed E-state index contributed by atoms with van der Waals surface area (Å²) in [5, 5.41) is 4.67. The third-order valence-corrected chi connectivity index (χ3v) is 7.00. The number of anilines is 2. The average molecular weight is 723 g/mol. The summed E-state index contributed by atoms with van der Waals surface area (Å²) in [7, 11) is 4.19. The van der Waals surface area contributed by atoms with Crippen molar-refractivity contribution in [1.82, 2.24) is 0 Å². The molecule has 2 aliphatic rings. The number of hydrogen-bond acceptors (Lipinski definition) is 4. The van der Waals surface area contributed by atoms with Gasteiger partial charge in [0.1, 0.15) is 11.2 Å². The first-order valence-electron chi connectivity index (χ1n) is 12.8. The molecule has 4 heterocycles. The van der Waals surface area contributed by atoms with Crippen LogP contribution in [0.4, 0.5) is 11.4 Å². The molecule has 6 aromatic rings. The number of furan rings is 2. The fourth-order valence-corrected chi connectivity index (χ4v) is 5.18. The van der Waals surface area contributed by atoms with Crippen molar-refractivity contribution in [2.75, 3.05) is 23.9 Å². The van der Waals surface area contributed by atoms with Crippen LogP contribution < -0.4 is 19.6 Å². The minimum atomic E-state index is 0. The standard InChI is InChI=1S/2C16H14N2O.2CH3.Ir/c2*1-17-9-10-18(11-17)14-7-4-6-13-12-5-2-3-8-15(12)19-16(13)14;;;/h2*2-11,17H,1H3;2*1H3;/q;;2*-1;. The predicted octanol–water partition coefficient (Wildman–Crippen LogP) is 5.92. The van der Waals surface area contributed by atoms with Crippen LogP contribution in [0.2, 0.25) is 0 Å². The van der Waals surface area contributed by atoms with Crippen molar-refractivity contribution in [3.05, 3.63) is 138 Å². The van der Waals surface area contributed by atoms with Gasteiger partial charge in [0.2, 0.25) is 0 Å². The molecule has 0 saturated carbocycles. The summed E-state index contributed by atoms with van der Waals surface area (Å²) < 4.78 is 12.1. The SMILES string of the molecule is C[NH+]1C=CN(c2cccc3c2oc2ccccc23)[CH-]1.C[NH+]1C=CN(c2cccc3c2oc2ccccc23)[CH-]1.[CH3-].[CH3-].[Ir]. The third kappa shape index (κ3) is 5.42. The van der Waals surface area contributed by atoms with E-state index < -0.39 is 0 Å². The molecule has 4 aromatic carbocycles. The van der Waals surface area contributed by atoms with Crippen molar-refractivity contribution in [2.45, 2.75) is 0 Å². The van der Waals surface area contributed by atoms with Gasteiger partial charge >= 0.3 is 0 Å². The van der Waals surface area contributed by atoms with E-state index in [1.807, 2.05) is 36.4 Å². The number of rotatable bonds is 2. The zero-order valence-electron chi connectivity index (χ0n) is 23.6. The van der Waals surface area contributed by atoms with Crippen LogP contribution in [0.5, 0.6) is 0 Å². The molecule has 2 unspecified atom stereocenters. The van der Waals surface area contributed by atoms with E-state index in [9.17, 15) is 0 Å². The molecule has 2 atom stereocenters. The number of hydrogen-bond donors (Lipinski definition) is 2. The normalized spacial score (nSPS) is 17.4. The quantitative estimate of drug-likeness (QED) is 0.218. The van der Waals surface area contributed by atoms with Crippen molar-refractivity contribution < 1.29 is 38.7 Å². The molecule has 0 spiro atoms. The zero-order valence-corrected chi connectivity index (χ0v) is 26.0. The zero-order chi connectivity index (χ0) is 25.6. The largest absolute Gasteiger partial charge is 0.454 e. The summed E-state index contributed by atoms with van der Waals surface area (Å²) in [4.78, 5) is 6.71. The number of nitrogens with zero attached hydrogens (tertiary/aromatic N) is 2. The maximum absolute atomic E-state index is 6.03. The molecular formula is C34H34IrN4O2-2. The van der Waals surface area contributed by atoms with E-state index in [0.717, 1.165) is 33.7 Å². The number of para-hydroxylation sites is 4. The van der Waals surface area contributed by atoms with Gasteiger partial charge in [0, 0.05) is 68.1 Å². The Morgan fingerprint density at radius 1 is 0.537 bits per heavy atom. The molecule has 0 fully saturated rings. The minimum Gasteiger partial charge on any atom is -0.454 e. The first kappa shape index (κ1) is 30.1. The Hall–Kier alpha value is -3.87. The summed E-state index contributed by atoms with van der Waals surface area (Å²) in [5.41, 5.74) is 5.94. The minimum absolute atomic E-state index is 0. The second-order valence-electron chi connectivity index (χ2n) is 9.70. The van der Waals surface area contributed by atoms with Crippen LogP contribution in [0.15, 0.2) is 119 Å². The summed E-state index contributed by atoms with van der Waals surface area (Å²) in [6, 6.07) is 28.9. The van der Waals surface area contributed by atoms with Gasteiger partial charge in [-0.1, -0.05) is 60.7 Å². The molecular weight excluding hydrogens is 689 g/mol. The maximum Gasteiger partial charge on any atom is 0.156 e. The smallest absolute Gasteiger partial charge is 0.156 e. The molecule has 1 radical (unpaired) electrons. The molecule has 8 rings (SSSR count). The van der Waals surface area contributed by atoms with Gasteiger partial charge in [0.25, 0.3) is 0 Å². The van der Waals surface area contributed by atoms with Crippen LogP contribution in [0.1, 0.15) is 0 Å². The Kier molecular flexibility index (Phi) is 9.05. The van der Waals surface area contributed by atoms with Crippen LogP contribution >= 0.6 is 0 Å². The molecule has 0 amide bonds. The van der Waals surface area contributed by atoms with Crippen molar-refractivity contribution in [3.8, 4) is 0 Å². The van der Waals surface area contributed by atoms with Crippen LogP contribution in [0.25, 0.3) is 43.9 Å². The molecule has 0 saturated heterocycles. The van der Waals surface area contributed by atoms with E-state index in [4.69, 9.17) is 8.83 Å². The Labute approximate surface area is 255 Å². The van der Waals surface area contributed by atoms with Crippen LogP contribution in [-0.2, 0) is 20.1 Å². The molecule has 2 aromatic heterocycles. The van der Waals surface area contributed by atoms with Crippen LogP contribution in [0.3, 0.4) is 0 Å². The maximum atomic E-state index is 6.03. The van der Waals surface area contributed by atoms with E-state index in [1.54, 1.807) is 0 Å². The van der Waals surface area contributed by atoms with Gasteiger partial charge in [0.05, 0.1) is 23.8 Å². The summed E-state index contributed by atoms with van der Waals surface area (Å²) in [6.45, 7) is 4.23. The van der Waals surface area contributed by atoms with Gasteiger partial charge in [-0.3, -0.25) is 0 Å². The summed E-state index contributed by atoms with van der Waals surface area (Å²) in [6.07, 6.45) is 8.33. The fraction of sp³-hybridized carbons (Fsp3) is 0.0588. The molecule has 2 aliphatic heterocycles. The van der Waals surface area contributed by atoms with Crippen LogP contribution in [0, 0.1) is 28.2 Å². The Balaban J connectivity index is 0.000000176. The van der Waals surface area contributed by atoms with Crippen LogP contribution in [-0.4, -0.2) is 14.1 Å². The number of benzene rings is 4. The third-order valence-electron chi connectivity index (χ3n) is 7.00. The summed E-state index contributed by atoms with van der Waals surface area (Å²) in [5.74, 6) is 0. The van der Waals surface area contributed by atoms with Gasteiger partial charge in [-0.05, 0) is 37.6 Å². The Morgan fingerprint density at radius 3 is 1.32 bits per heavy atom. The van der Waals surface area contributed by atoms with Gasteiger partial charge in [0.15, 0.2) is 11.2 Å². The Morgan fingerprint density at radius 2 is 0.927 bits per heavy atom. The fourth-order valence-electron chi connectivity index (χ4n) is 5.18. The van der Waals surface area contributed by atoms with Gasteiger partial charge in [-0.15, -0.1) is 0 Å². The average Bonchev–Trinajstić information content (AvgIpc) is 3.73. The topological polar surface area (TPSA) is 41.6 Å². The van der Waals surface area contributed by atoms with Gasteiger partial charge in [-0.25, -0.2) is 0 Å². The molecule has 213 valence electrons. The van der Waals surface area contributed by atoms with Crippen molar-refractivity contribution >= 4 is 55.3 Å². The van der Waals surface area contributed by atoms with E-state index in [0.29, 0.717) is 0 Å². The van der Waals surface area contributed by atoms with E-state index in [-0.39, 0.29) is 35.0 Å². The number of quaternary nitrogens is 2. The van der Waals surface area contributed by atoms with E-state index in [1.165, 1.54) is 31.3 Å². The molecule has 41 heavy (non-hydrogen) atoms. The number of fused-ring (bicyclic) bond motifs is 6. The van der Waals surface area contributed by atoms with Crippen molar-refractivity contribution in [3.63, 3.8) is 0 Å². The first-order chi connectivity index (χ1) is 18.7.